The maximum absolute atomic E-state index is 11.9. The number of hydrogen-bond donors (Lipinski definition) is 1. The molecule has 1 N–H and O–H groups in total. The van der Waals surface area contributed by atoms with Crippen molar-refractivity contribution in [2.75, 3.05) is 49.1 Å². The zero-order valence-electron chi connectivity index (χ0n) is 54.5. The normalized spacial score (nSPS) is 16.5. The molecule has 6 aromatic rings. The summed E-state index contributed by atoms with van der Waals surface area (Å²) in [5.41, 5.74) is 13.3. The number of fused-ring (bicyclic) bond motifs is 5. The number of carbonyl (C=O) groups is 2. The number of nitrogens with zero attached hydrogens (tertiary/aromatic N) is 7. The number of unbranched alkanes of at least 4 members (excludes halogenated alkanes) is 4. The van der Waals surface area contributed by atoms with E-state index in [4.69, 9.17) is 43.1 Å². The Morgan fingerprint density at radius 1 is 0.615 bits per heavy atom. The van der Waals surface area contributed by atoms with Crippen molar-refractivity contribution in [3.8, 4) is 0 Å². The number of imide groups is 1. The number of pyridine rings is 2. The van der Waals surface area contributed by atoms with Crippen molar-refractivity contribution in [2.24, 2.45) is 33.7 Å². The van der Waals surface area contributed by atoms with Crippen LogP contribution >= 0.6 is 38.0 Å². The van der Waals surface area contributed by atoms with Crippen molar-refractivity contribution >= 4 is 78.0 Å². The number of carbonyl (C=O) groups excluding carboxylic acids is 4. The molecule has 5 aliphatic rings. The van der Waals surface area contributed by atoms with Gasteiger partial charge < -0.3 is 22.3 Å². The third-order valence-corrected chi connectivity index (χ3v) is 16.9. The van der Waals surface area contributed by atoms with Crippen LogP contribution in [-0.2, 0) is 56.1 Å². The molecule has 2 amide bonds. The molecule has 4 aromatic carbocycles. The van der Waals surface area contributed by atoms with Crippen molar-refractivity contribution < 1.29 is 54.8 Å². The molecule has 91 heavy (non-hydrogen) atoms. The SMILES string of the molecule is C1CCCC1.CCCCCCN=C=O.Cc1cc(C)c(N2[CH-]N(c3c(C)cc(C)cc3C)CC2)c(C)c1.O=C1C2C3C=CC(C3)C2C(=O)N1CCO.O=C=NCCCCc1ccccc1.[CH3-].[Cl][Ru]([Cl])=[CH]c1ccccc1.[Cl][Ti][Cl].c1ccncc1.c1ccncc1. The number of rotatable bonds is 15. The van der Waals surface area contributed by atoms with Gasteiger partial charge in [0.25, 0.3) is 0 Å². The molecule has 4 unspecified atom stereocenters. The Hall–Kier alpha value is -5.25. The average molecular weight is 1440 g/mol. The van der Waals surface area contributed by atoms with Gasteiger partial charge in [-0.3, -0.25) is 24.5 Å². The molecule has 3 aliphatic carbocycles. The Labute approximate surface area is 574 Å². The van der Waals surface area contributed by atoms with Crippen molar-refractivity contribution in [3.63, 3.8) is 0 Å². The number of isocyanates is 2. The minimum absolute atomic E-state index is 0. The smallest absolute Gasteiger partial charge is 0.0267 e. The van der Waals surface area contributed by atoms with Gasteiger partial charge in [0.15, 0.2) is 0 Å². The van der Waals surface area contributed by atoms with Crippen LogP contribution in [0, 0.1) is 79.3 Å². The molecular weight excluding hydrogens is 1350 g/mol. The van der Waals surface area contributed by atoms with Crippen LogP contribution in [-0.4, -0.2) is 87.9 Å². The van der Waals surface area contributed by atoms with Crippen LogP contribution in [0.4, 0.5) is 11.4 Å². The number of aromatic nitrogens is 2. The topological polar surface area (TPSA) is 149 Å². The molecule has 18 heteroatoms. The van der Waals surface area contributed by atoms with Crippen molar-refractivity contribution in [3.05, 3.63) is 217 Å². The second-order valence-corrected chi connectivity index (χ2v) is 30.4. The summed E-state index contributed by atoms with van der Waals surface area (Å²) in [5.74, 6) is 0.130. The zero-order chi connectivity index (χ0) is 65.7. The maximum Gasteiger partial charge on any atom is 0.0267 e. The number of likely N-dealkylation sites (tertiary alicyclic amines) is 1. The quantitative estimate of drug-likeness (QED) is 0.0202. The molecule has 0 spiro atoms. The second kappa shape index (κ2) is 50.3. The summed E-state index contributed by atoms with van der Waals surface area (Å²) < 4.78 is 1.92. The van der Waals surface area contributed by atoms with Crippen LogP contribution < -0.4 is 9.80 Å². The van der Waals surface area contributed by atoms with Crippen LogP contribution in [0.5, 0.6) is 0 Å². The van der Waals surface area contributed by atoms with Gasteiger partial charge in [-0.15, -0.1) is 0 Å². The van der Waals surface area contributed by atoms with Gasteiger partial charge in [-0.25, -0.2) is 19.6 Å². The standard InChI is InChI=1S/C21H27N2.C11H13NO3.C11H13NO.C7H13NO.C7H6.2C5H5N.C5H10.CH3.4ClH.Ru.Ti/c1-14-9-16(3)20(17(4)10-14)22-7-8-23(13-22)21-18(5)11-15(2)12-19(21)6;13-4-3-12-10(14)8-6-1-2-7(5-6)9(8)11(12)15;13-10-12-9-5-4-8-11-6-2-1-3-7-11;1-2-3-4-5-6-8-7-9;1-7-5-3-2-4-6-7;2*1-2-4-6-5-3-1;1-2-4-5-3-1;;;;;;;/h9-13H,7-8H2,1-6H3;1-2,6-9,13H,3-5H2;1-3,6-7H,4-5,8-9H2;2-6H2,1H3;1-6H;2*1-5H;1-5H2;1H3;4*1H;;/q-1;;;;;;;;-1;;;;;2*+2/p-4. The van der Waals surface area contributed by atoms with Gasteiger partial charge in [0.2, 0.25) is 24.0 Å². The third-order valence-electron chi connectivity index (χ3n) is 15.0. The predicted molar refractivity (Wildman–Crippen MR) is 374 cm³/mol. The fourth-order valence-corrected chi connectivity index (χ4v) is 13.2. The third kappa shape index (κ3) is 32.4. The van der Waals surface area contributed by atoms with Crippen molar-refractivity contribution in [1.82, 2.24) is 14.9 Å². The molecule has 4 fully saturated rings. The van der Waals surface area contributed by atoms with Crippen LogP contribution in [0.1, 0.15) is 128 Å². The molecule has 2 bridgehead atoms. The van der Waals surface area contributed by atoms with E-state index in [1.165, 1.54) is 113 Å². The molecule has 12 nitrogen and oxygen atoms in total. The number of β-amino-alcohol motifs (C(OH)–C–C–N with tert-alkyl or cyclic N) is 1. The van der Waals surface area contributed by atoms with E-state index in [1.54, 1.807) is 30.9 Å². The molecule has 494 valence electrons. The van der Waals surface area contributed by atoms with E-state index >= 15 is 0 Å². The summed E-state index contributed by atoms with van der Waals surface area (Å²) in [6.45, 7) is 21.0. The number of amides is 2. The minimum Gasteiger partial charge on any atom is -0.265 e. The molecule has 4 atom stereocenters. The molecular formula is C73H95Cl4N7O5RuTi-2. The summed E-state index contributed by atoms with van der Waals surface area (Å²) in [4.78, 5) is 63.7. The maximum atomic E-state index is 11.9. The largest absolute Gasteiger partial charge is 0.265 e. The Morgan fingerprint density at radius 3 is 1.36 bits per heavy atom. The van der Waals surface area contributed by atoms with Crippen LogP contribution in [0.2, 0.25) is 0 Å². The minimum atomic E-state index is -1.61. The second-order valence-electron chi connectivity index (χ2n) is 22.1. The fourth-order valence-electron chi connectivity index (χ4n) is 11.4. The van der Waals surface area contributed by atoms with E-state index in [0.29, 0.717) is 13.1 Å². The first-order valence-electron chi connectivity index (χ1n) is 31.0. The number of allylic oxidation sites excluding steroid dienone is 2. The van der Waals surface area contributed by atoms with E-state index < -0.39 is 30.5 Å². The van der Waals surface area contributed by atoms with Gasteiger partial charge in [0.05, 0.1) is 38.1 Å². The Bertz CT molecular complexity index is 2870. The van der Waals surface area contributed by atoms with E-state index in [-0.39, 0.29) is 56.1 Å². The summed E-state index contributed by atoms with van der Waals surface area (Å²) in [6.07, 6.45) is 30.4. The number of aryl methyl sites for hydroxylation is 7. The van der Waals surface area contributed by atoms with Gasteiger partial charge >= 0.3 is 109 Å². The van der Waals surface area contributed by atoms with E-state index in [0.717, 1.165) is 50.8 Å². The summed E-state index contributed by atoms with van der Waals surface area (Å²) in [6, 6.07) is 40.8. The first-order valence-corrected chi connectivity index (χ1v) is 40.8. The Balaban J connectivity index is 0.000000368. The number of benzene rings is 4. The van der Waals surface area contributed by atoms with Gasteiger partial charge in [0, 0.05) is 49.3 Å². The molecule has 2 aliphatic heterocycles. The van der Waals surface area contributed by atoms with E-state index in [1.807, 2.05) is 89.5 Å². The number of halogens is 4. The Morgan fingerprint density at radius 2 is 1.01 bits per heavy atom. The molecule has 2 saturated carbocycles. The number of aliphatic hydroxyl groups excluding tert-OH is 1. The molecule has 2 saturated heterocycles. The van der Waals surface area contributed by atoms with Crippen molar-refractivity contribution in [2.45, 2.75) is 132 Å². The van der Waals surface area contributed by atoms with E-state index in [9.17, 15) is 19.2 Å². The van der Waals surface area contributed by atoms with Crippen LogP contribution in [0.15, 0.2) is 168 Å². The summed E-state index contributed by atoms with van der Waals surface area (Å²) in [7, 11) is 21.1. The number of hydrogen-bond acceptors (Lipinski definition) is 11. The van der Waals surface area contributed by atoms with Gasteiger partial charge in [0.1, 0.15) is 0 Å². The molecule has 2 aromatic heterocycles. The average Bonchev–Trinajstić information content (AvgIpc) is 1.62. The van der Waals surface area contributed by atoms with E-state index in [2.05, 4.69) is 133 Å². The van der Waals surface area contributed by atoms with Gasteiger partial charge in [-0.05, 0) is 138 Å². The van der Waals surface area contributed by atoms with Gasteiger partial charge in [-0.2, -0.15) is 6.67 Å². The van der Waals surface area contributed by atoms with Gasteiger partial charge in [-0.1, -0.05) is 148 Å². The van der Waals surface area contributed by atoms with Crippen molar-refractivity contribution in [1.29, 1.82) is 0 Å². The first-order chi connectivity index (χ1) is 43.6. The molecule has 0 radical (unpaired) electrons. The summed E-state index contributed by atoms with van der Waals surface area (Å²) in [5, 5.41) is 8.81. The van der Waals surface area contributed by atoms with Crippen LogP contribution in [0.25, 0.3) is 0 Å². The number of anilines is 2. The number of aliphatic imine (C=N–C) groups is 2. The molecule has 4 heterocycles. The summed E-state index contributed by atoms with van der Waals surface area (Å²) >= 11 is -2.17. The fraction of sp³-hybridized carbons (Fsp3) is 0.411. The number of aliphatic hydroxyl groups is 1. The molecule has 11 rings (SSSR count). The monoisotopic (exact) mass is 1440 g/mol. The predicted octanol–water partition coefficient (Wildman–Crippen LogP) is 17.7. The van der Waals surface area contributed by atoms with Crippen LogP contribution in [0.3, 0.4) is 0 Å². The zero-order valence-corrected chi connectivity index (χ0v) is 60.8. The first kappa shape index (κ1) is 81.8. The Kier molecular flexibility index (Phi) is 45.2.